The van der Waals surface area contributed by atoms with E-state index in [1.807, 2.05) is 0 Å². The van der Waals surface area contributed by atoms with Gasteiger partial charge in [-0.15, -0.1) is 0 Å². The van der Waals surface area contributed by atoms with Crippen molar-refractivity contribution in [2.24, 2.45) is 0 Å². The summed E-state index contributed by atoms with van der Waals surface area (Å²) in [6.07, 6.45) is 0. The van der Waals surface area contributed by atoms with E-state index in [1.165, 1.54) is 60.7 Å². The second kappa shape index (κ2) is 10.7. The van der Waals surface area contributed by atoms with Crippen LogP contribution in [0.15, 0.2) is 109 Å². The van der Waals surface area contributed by atoms with E-state index in [2.05, 4.69) is 0 Å². The van der Waals surface area contributed by atoms with Gasteiger partial charge in [0.05, 0.1) is 0 Å². The molecule has 2 nitrogen and oxygen atoms in total. The van der Waals surface area contributed by atoms with E-state index in [0.29, 0.717) is 0 Å². The summed E-state index contributed by atoms with van der Waals surface area (Å²) in [5, 5.41) is 0. The van der Waals surface area contributed by atoms with Gasteiger partial charge in [0.15, 0.2) is 0 Å². The number of fused-ring (bicyclic) bond motifs is 4. The lowest BCUT2D eigenvalue weighted by Crippen LogP contribution is -2.24. The van der Waals surface area contributed by atoms with Crippen molar-refractivity contribution in [1.29, 1.82) is 0 Å². The molecule has 6 aromatic rings. The number of ether oxygens (including phenoxy) is 2. The molecule has 0 atom stereocenters. The average Bonchev–Trinajstić information content (AvgIpc) is 3.23. The average molecular weight is 651 g/mol. The molecule has 0 aliphatic carbocycles. The Kier molecular flexibility index (Phi) is 3.08. The van der Waals surface area contributed by atoms with E-state index in [9.17, 15) is 0 Å². The van der Waals surface area contributed by atoms with Gasteiger partial charge < -0.3 is 9.47 Å². The van der Waals surface area contributed by atoms with Crippen LogP contribution in [0.25, 0.3) is 33.4 Å². The van der Waals surface area contributed by atoms with Crippen LogP contribution in [0.2, 0.25) is 0 Å². The molecule has 0 fully saturated rings. The largest absolute Gasteiger partial charge is 0.456 e. The van der Waals surface area contributed by atoms with E-state index in [4.69, 9.17) is 42.4 Å². The van der Waals surface area contributed by atoms with Gasteiger partial charge in [-0.3, -0.25) is 0 Å². The number of hydrogen-bond donors (Lipinski definition) is 0. The van der Waals surface area contributed by atoms with Crippen LogP contribution in [-0.4, -0.2) is 0 Å². The summed E-state index contributed by atoms with van der Waals surface area (Å²) in [4.78, 5) is 0. The Morgan fingerprint density at radius 3 is 1.27 bits per heavy atom. The first-order chi connectivity index (χ1) is 32.8. The Hall–Kier alpha value is -5.08. The first-order valence-corrected chi connectivity index (χ1v) is 15.0. The van der Waals surface area contributed by atoms with Gasteiger partial charge in [0.1, 0.15) is 23.0 Å². The summed E-state index contributed by atoms with van der Waals surface area (Å²) in [5.41, 5.74) is -11.0. The van der Waals surface area contributed by atoms with Crippen LogP contribution in [0.5, 0.6) is 23.0 Å². The topological polar surface area (TPSA) is 18.5 Å². The van der Waals surface area contributed by atoms with Crippen molar-refractivity contribution in [3.63, 3.8) is 0 Å². The Morgan fingerprint density at radius 1 is 0.438 bits per heavy atom. The molecule has 8 rings (SSSR count). The van der Waals surface area contributed by atoms with Gasteiger partial charge in [0, 0.05) is 77.1 Å². The molecule has 2 aliphatic heterocycles. The lowest BCUT2D eigenvalue weighted by Gasteiger charge is -2.36. The Labute approximate surface area is 318 Å². The molecular weight excluding hydrogens is 585 g/mol. The Bertz CT molecular complexity index is 2900. The lowest BCUT2D eigenvalue weighted by atomic mass is 9.74. The quantitative estimate of drug-likeness (QED) is 0.190. The van der Waals surface area contributed by atoms with Crippen molar-refractivity contribution in [2.75, 3.05) is 0 Å². The molecule has 2 heterocycles. The third kappa shape index (κ3) is 4.46. The molecule has 238 valence electrons. The van der Waals surface area contributed by atoms with Gasteiger partial charge in [0.2, 0.25) is 0 Å². The fourth-order valence-electron chi connectivity index (χ4n) is 6.63. The molecule has 0 aromatic heterocycles. The van der Waals surface area contributed by atoms with E-state index >= 15 is 0 Å². The van der Waals surface area contributed by atoms with Crippen LogP contribution in [0, 0.1) is 27.4 Å². The zero-order chi connectivity index (χ0) is 53.5. The molecule has 0 bridgehead atoms. The van der Waals surface area contributed by atoms with Crippen molar-refractivity contribution in [3.05, 3.63) is 154 Å². The molecule has 6 aromatic carbocycles. The summed E-state index contributed by atoms with van der Waals surface area (Å²) in [6, 6.07) is 21.8. The van der Waals surface area contributed by atoms with Crippen LogP contribution in [0.1, 0.15) is 105 Å². The first-order valence-electron chi connectivity index (χ1n) is 27.0. The minimum Gasteiger partial charge on any atom is -0.456 e. The van der Waals surface area contributed by atoms with Gasteiger partial charge in [-0.25, -0.2) is 0 Å². The zero-order valence-electron chi connectivity index (χ0n) is 49.2. The molecule has 0 radical (unpaired) electrons. The summed E-state index contributed by atoms with van der Waals surface area (Å²) in [7, 11) is 0. The van der Waals surface area contributed by atoms with E-state index < -0.39 is 122 Å². The molecular formula is C46H42O2. The van der Waals surface area contributed by atoms with Crippen molar-refractivity contribution >= 4 is 0 Å². The fourth-order valence-corrected chi connectivity index (χ4v) is 6.63. The Morgan fingerprint density at radius 2 is 0.854 bits per heavy atom. The van der Waals surface area contributed by atoms with Gasteiger partial charge in [-0.2, -0.15) is 0 Å². The maximum Gasteiger partial charge on any atom is 0.139 e. The van der Waals surface area contributed by atoms with Gasteiger partial charge in [-0.05, 0) is 96.2 Å². The third-order valence-corrected chi connectivity index (χ3v) is 9.04. The highest BCUT2D eigenvalue weighted by molar-refractivity contribution is 5.87. The predicted octanol–water partition coefficient (Wildman–Crippen LogP) is 12.8. The molecule has 2 aliphatic rings. The third-order valence-electron chi connectivity index (χ3n) is 9.04. The SMILES string of the molecule is [2H]C([2H])([2H])c1ccc(-c2c(C([2H])([2H])[2H])ccc3c2Oc2ccccc2C3(C([2H])([2H])[2H])C([2H])([2H])[2H])cc1-c1cc(-c2c(C([2H])([2H])[2H])ccc3c2Oc2ccccc2C3(C([2H])([2H])[2H])C([2H])([2H])[2H])ccc1C([2H])([2H])[2H]. The molecule has 0 unspecified atom stereocenters. The summed E-state index contributed by atoms with van der Waals surface area (Å²) < 4.78 is 222. The maximum absolute atomic E-state index is 8.78. The van der Waals surface area contributed by atoms with Crippen molar-refractivity contribution < 1.29 is 42.4 Å². The van der Waals surface area contributed by atoms with E-state index in [-0.39, 0.29) is 44.9 Å². The van der Waals surface area contributed by atoms with Crippen LogP contribution in [-0.2, 0) is 10.8 Å². The highest BCUT2D eigenvalue weighted by atomic mass is 16.5. The minimum absolute atomic E-state index is 0.201. The number of rotatable bonds is 3. The van der Waals surface area contributed by atoms with E-state index in [1.54, 1.807) is 0 Å². The summed E-state index contributed by atoms with van der Waals surface area (Å²) in [5.74, 6) is -1.48. The van der Waals surface area contributed by atoms with Crippen molar-refractivity contribution in [1.82, 2.24) is 0 Å². The Balaban J connectivity index is 1.51. The normalized spacial score (nSPS) is 24.4. The maximum atomic E-state index is 8.78. The van der Waals surface area contributed by atoms with Gasteiger partial charge >= 0.3 is 0 Å². The number of aryl methyl sites for hydroxylation is 4. The molecule has 0 saturated heterocycles. The smallest absolute Gasteiger partial charge is 0.139 e. The van der Waals surface area contributed by atoms with Crippen molar-refractivity contribution in [3.8, 4) is 56.4 Å². The van der Waals surface area contributed by atoms with Crippen LogP contribution < -0.4 is 9.47 Å². The first kappa shape index (κ1) is 13.8. The molecule has 0 spiro atoms. The predicted molar refractivity (Wildman–Crippen MR) is 199 cm³/mol. The fraction of sp³-hybridized carbons (Fsp3) is 0.217. The minimum atomic E-state index is -3.35. The molecule has 0 N–H and O–H groups in total. The number of benzene rings is 6. The molecule has 0 saturated carbocycles. The van der Waals surface area contributed by atoms with Crippen LogP contribution in [0.4, 0.5) is 0 Å². The monoisotopic (exact) mass is 650 g/mol. The molecule has 48 heavy (non-hydrogen) atoms. The standard InChI is InChI=1S/C46H42O2/c1-27-17-21-31(41-29(3)19-23-37-43(41)47-39-15-11-9-13-35(39)45(37,5)6)25-33(27)34-26-32(22-18-28(34)2)42-30(4)20-24-38-44(42)48-40-16-12-10-14-36(40)46(38,7)8/h9-26H,1-8H3/i1D3,2D3,3D3,4D3,5D3,6D3,7D3,8D3. The van der Waals surface area contributed by atoms with Crippen molar-refractivity contribution in [2.45, 2.75) is 65.6 Å². The second-order valence-corrected chi connectivity index (χ2v) is 11.9. The van der Waals surface area contributed by atoms with E-state index in [0.717, 1.165) is 48.5 Å². The molecule has 0 amide bonds. The highest BCUT2D eigenvalue weighted by Gasteiger charge is 2.37. The summed E-state index contributed by atoms with van der Waals surface area (Å²) >= 11 is 0. The number of hydrogen-bond acceptors (Lipinski definition) is 2. The second-order valence-electron chi connectivity index (χ2n) is 11.9. The number of para-hydroxylation sites is 2. The van der Waals surface area contributed by atoms with Gasteiger partial charge in [0.25, 0.3) is 0 Å². The zero-order valence-corrected chi connectivity index (χ0v) is 25.2. The van der Waals surface area contributed by atoms with Crippen LogP contribution >= 0.6 is 0 Å². The lowest BCUT2D eigenvalue weighted by molar-refractivity contribution is 0.419. The van der Waals surface area contributed by atoms with Gasteiger partial charge in [-0.1, -0.05) is 112 Å². The highest BCUT2D eigenvalue weighted by Crippen LogP contribution is 2.54. The summed E-state index contributed by atoms with van der Waals surface area (Å²) in [6.45, 7) is -25.6. The van der Waals surface area contributed by atoms with Crippen LogP contribution in [0.3, 0.4) is 0 Å². The molecule has 2 heteroatoms.